The molecule has 0 aromatic heterocycles. The Balaban J connectivity index is 1.51. The third-order valence-electron chi connectivity index (χ3n) is 5.70. The molecule has 0 saturated carbocycles. The molecule has 1 atom stereocenters. The smallest absolute Gasteiger partial charge is 0.324 e. The summed E-state index contributed by atoms with van der Waals surface area (Å²) in [5.41, 5.74) is 1.26. The number of benzene rings is 3. The van der Waals surface area contributed by atoms with Gasteiger partial charge >= 0.3 is 5.97 Å². The van der Waals surface area contributed by atoms with Crippen LogP contribution in [-0.2, 0) is 26.2 Å². The molecule has 0 spiro atoms. The molecule has 1 heterocycles. The second-order valence-electron chi connectivity index (χ2n) is 8.04. The second kappa shape index (κ2) is 10.7. The average molecular weight is 509 g/mol. The van der Waals surface area contributed by atoms with Crippen LogP contribution >= 0.6 is 0 Å². The first-order chi connectivity index (χ1) is 17.3. The number of methoxy groups -OCH3 is 1. The molecule has 0 radical (unpaired) electrons. The van der Waals surface area contributed by atoms with Crippen molar-refractivity contribution in [2.24, 2.45) is 0 Å². The lowest BCUT2D eigenvalue weighted by molar-refractivity contribution is -0.147. The number of sulfonamides is 1. The van der Waals surface area contributed by atoms with E-state index in [4.69, 9.17) is 9.47 Å². The molecule has 3 aromatic carbocycles. The summed E-state index contributed by atoms with van der Waals surface area (Å²) >= 11 is 0. The van der Waals surface area contributed by atoms with Crippen molar-refractivity contribution in [3.63, 3.8) is 0 Å². The molecule has 0 aliphatic carbocycles. The number of carbonyl (C=O) groups excluding carboxylic acids is 3. The molecule has 1 unspecified atom stereocenters. The number of rotatable bonds is 10. The number of nitrogens with one attached hydrogen (secondary N) is 1. The van der Waals surface area contributed by atoms with Crippen LogP contribution in [0.5, 0.6) is 5.75 Å². The van der Waals surface area contributed by atoms with E-state index >= 15 is 0 Å². The number of carbonyl (C=O) groups is 3. The van der Waals surface area contributed by atoms with Crippen LogP contribution in [0, 0.1) is 0 Å². The number of hydrogen-bond acceptors (Lipinski definition) is 7. The van der Waals surface area contributed by atoms with Crippen molar-refractivity contribution in [2.75, 3.05) is 13.7 Å². The molecule has 0 bridgehead atoms. The Hall–Kier alpha value is -4.02. The van der Waals surface area contributed by atoms with Gasteiger partial charge in [-0.25, -0.2) is 8.42 Å². The van der Waals surface area contributed by atoms with E-state index in [1.165, 1.54) is 31.4 Å². The highest BCUT2D eigenvalue weighted by Gasteiger charge is 2.36. The monoisotopic (exact) mass is 508 g/mol. The Morgan fingerprint density at radius 2 is 1.47 bits per heavy atom. The molecular weight excluding hydrogens is 484 g/mol. The van der Waals surface area contributed by atoms with Crippen LogP contribution in [-0.4, -0.2) is 50.8 Å². The number of imide groups is 1. The van der Waals surface area contributed by atoms with Gasteiger partial charge in [0.2, 0.25) is 10.0 Å². The van der Waals surface area contributed by atoms with Gasteiger partial charge in [-0.3, -0.25) is 19.3 Å². The van der Waals surface area contributed by atoms with Crippen LogP contribution in [0.4, 0.5) is 0 Å². The number of amides is 2. The van der Waals surface area contributed by atoms with Crippen molar-refractivity contribution in [3.05, 3.63) is 95.6 Å². The fourth-order valence-electron chi connectivity index (χ4n) is 3.76. The predicted octanol–water partition coefficient (Wildman–Crippen LogP) is 2.77. The maximum absolute atomic E-state index is 13.0. The minimum Gasteiger partial charge on any atom is -0.497 e. The Labute approximate surface area is 208 Å². The zero-order chi connectivity index (χ0) is 25.7. The van der Waals surface area contributed by atoms with Crippen LogP contribution in [0.15, 0.2) is 83.8 Å². The van der Waals surface area contributed by atoms with Crippen molar-refractivity contribution in [2.45, 2.75) is 24.0 Å². The molecule has 186 valence electrons. The van der Waals surface area contributed by atoms with Crippen LogP contribution in [0.3, 0.4) is 0 Å². The van der Waals surface area contributed by atoms with E-state index in [2.05, 4.69) is 4.72 Å². The number of ether oxygens (including phenoxy) is 2. The summed E-state index contributed by atoms with van der Waals surface area (Å²) in [6, 6.07) is 19.6. The van der Waals surface area contributed by atoms with Crippen molar-refractivity contribution in [1.29, 1.82) is 0 Å². The van der Waals surface area contributed by atoms with Gasteiger partial charge in [0, 0.05) is 6.54 Å². The van der Waals surface area contributed by atoms with E-state index in [0.29, 0.717) is 5.75 Å². The van der Waals surface area contributed by atoms with Gasteiger partial charge in [0.1, 0.15) is 18.4 Å². The Kier molecular flexibility index (Phi) is 7.47. The number of fused-ring (bicyclic) bond motifs is 1. The minimum absolute atomic E-state index is 0.0621. The van der Waals surface area contributed by atoms with Crippen LogP contribution in [0.1, 0.15) is 32.7 Å². The SMILES string of the molecule is COc1ccc(S(=O)(=O)NC(CCN2C(=O)c3ccccc3C2=O)C(=O)OCc2ccccc2)cc1. The molecule has 0 saturated heterocycles. The van der Waals surface area contributed by atoms with Gasteiger partial charge in [0.15, 0.2) is 0 Å². The van der Waals surface area contributed by atoms with E-state index in [-0.39, 0.29) is 35.6 Å². The highest BCUT2D eigenvalue weighted by molar-refractivity contribution is 7.89. The summed E-state index contributed by atoms with van der Waals surface area (Å²) in [5, 5.41) is 0. The average Bonchev–Trinajstić information content (AvgIpc) is 3.15. The highest BCUT2D eigenvalue weighted by atomic mass is 32.2. The van der Waals surface area contributed by atoms with Gasteiger partial charge in [-0.2, -0.15) is 4.72 Å². The summed E-state index contributed by atoms with van der Waals surface area (Å²) in [6.07, 6.45) is -0.172. The van der Waals surface area contributed by atoms with E-state index in [0.717, 1.165) is 10.5 Å². The fraction of sp³-hybridized carbons (Fsp3) is 0.192. The third kappa shape index (κ3) is 5.45. The maximum atomic E-state index is 13.0. The molecule has 9 nitrogen and oxygen atoms in total. The van der Waals surface area contributed by atoms with E-state index in [1.54, 1.807) is 48.5 Å². The van der Waals surface area contributed by atoms with Crippen LogP contribution in [0.25, 0.3) is 0 Å². The first-order valence-corrected chi connectivity index (χ1v) is 12.6. The van der Waals surface area contributed by atoms with Gasteiger partial charge < -0.3 is 9.47 Å². The van der Waals surface area contributed by atoms with Crippen LogP contribution in [0.2, 0.25) is 0 Å². The Morgan fingerprint density at radius 1 is 0.889 bits per heavy atom. The molecule has 3 aromatic rings. The lowest BCUT2D eigenvalue weighted by atomic mass is 10.1. The zero-order valence-corrected chi connectivity index (χ0v) is 20.2. The Bertz CT molecular complexity index is 1340. The molecule has 36 heavy (non-hydrogen) atoms. The predicted molar refractivity (Wildman–Crippen MR) is 130 cm³/mol. The number of hydrogen-bond donors (Lipinski definition) is 1. The summed E-state index contributed by atoms with van der Waals surface area (Å²) in [7, 11) is -2.68. The first-order valence-electron chi connectivity index (χ1n) is 11.1. The topological polar surface area (TPSA) is 119 Å². The molecular formula is C26H24N2O7S. The maximum Gasteiger partial charge on any atom is 0.324 e. The Morgan fingerprint density at radius 3 is 2.06 bits per heavy atom. The molecule has 2 amide bonds. The van der Waals surface area contributed by atoms with Crippen molar-refractivity contribution >= 4 is 27.8 Å². The number of nitrogens with zero attached hydrogens (tertiary/aromatic N) is 1. The lowest BCUT2D eigenvalue weighted by Gasteiger charge is -2.21. The second-order valence-corrected chi connectivity index (χ2v) is 9.75. The lowest BCUT2D eigenvalue weighted by Crippen LogP contribution is -2.44. The van der Waals surface area contributed by atoms with Crippen molar-refractivity contribution in [3.8, 4) is 5.75 Å². The highest BCUT2D eigenvalue weighted by Crippen LogP contribution is 2.23. The quantitative estimate of drug-likeness (QED) is 0.330. The summed E-state index contributed by atoms with van der Waals surface area (Å²) < 4.78 is 38.8. The normalized spacial score (nSPS) is 13.9. The number of esters is 1. The van der Waals surface area contributed by atoms with Crippen LogP contribution < -0.4 is 9.46 Å². The largest absolute Gasteiger partial charge is 0.497 e. The summed E-state index contributed by atoms with van der Waals surface area (Å²) in [4.78, 5) is 39.3. The van der Waals surface area contributed by atoms with E-state index in [9.17, 15) is 22.8 Å². The van der Waals surface area contributed by atoms with Crippen molar-refractivity contribution in [1.82, 2.24) is 9.62 Å². The summed E-state index contributed by atoms with van der Waals surface area (Å²) in [6.45, 7) is -0.240. The van der Waals surface area contributed by atoms with Crippen molar-refractivity contribution < 1.29 is 32.3 Å². The van der Waals surface area contributed by atoms with Gasteiger partial charge in [0.05, 0.1) is 23.1 Å². The van der Waals surface area contributed by atoms with Gasteiger partial charge in [0.25, 0.3) is 11.8 Å². The standard InChI is InChI=1S/C26H24N2O7S/c1-34-19-11-13-20(14-12-19)36(32,33)27-23(26(31)35-17-18-7-3-2-4-8-18)15-16-28-24(29)21-9-5-6-10-22(21)25(28)30/h2-14,23,27H,15-17H2,1H3. The zero-order valence-electron chi connectivity index (χ0n) is 19.4. The van der Waals surface area contributed by atoms with E-state index in [1.807, 2.05) is 6.07 Å². The molecule has 0 fully saturated rings. The molecule has 10 heteroatoms. The third-order valence-corrected chi connectivity index (χ3v) is 7.18. The molecule has 1 aliphatic heterocycles. The summed E-state index contributed by atoms with van der Waals surface area (Å²) in [5.74, 6) is -1.35. The first kappa shape index (κ1) is 25.1. The minimum atomic E-state index is -4.13. The fourth-order valence-corrected chi connectivity index (χ4v) is 4.98. The molecule has 4 rings (SSSR count). The van der Waals surface area contributed by atoms with Gasteiger partial charge in [-0.05, 0) is 48.4 Å². The van der Waals surface area contributed by atoms with E-state index < -0.39 is 33.8 Å². The molecule has 1 aliphatic rings. The molecule has 1 N–H and O–H groups in total. The van der Waals surface area contributed by atoms with Gasteiger partial charge in [-0.15, -0.1) is 0 Å². The van der Waals surface area contributed by atoms with Gasteiger partial charge in [-0.1, -0.05) is 42.5 Å².